The number of anilines is 3. The number of nitrogens with one attached hydrogen (secondary N) is 3. The topological polar surface area (TPSA) is 96.3 Å². The highest BCUT2D eigenvalue weighted by molar-refractivity contribution is 5.99. The van der Waals surface area contributed by atoms with Gasteiger partial charge in [-0.25, -0.2) is 4.79 Å². The molecule has 98 valence electrons. The molecule has 0 unspecified atom stereocenters. The number of benzene rings is 1. The lowest BCUT2D eigenvalue weighted by molar-refractivity contribution is -0.114. The molecule has 19 heavy (non-hydrogen) atoms. The Labute approximate surface area is 109 Å². The molecule has 1 aromatic heterocycles. The SMILES string of the molecule is CC(=O)Nc1cccc(NC(=O)Nc2ccno2)c1. The van der Waals surface area contributed by atoms with Crippen molar-refractivity contribution in [2.24, 2.45) is 0 Å². The minimum Gasteiger partial charge on any atom is -0.338 e. The molecular weight excluding hydrogens is 248 g/mol. The fourth-order valence-electron chi connectivity index (χ4n) is 1.43. The number of urea groups is 1. The second kappa shape index (κ2) is 5.67. The van der Waals surface area contributed by atoms with Crippen molar-refractivity contribution in [2.45, 2.75) is 6.92 Å². The standard InChI is InChI=1S/C12H12N4O3/c1-8(17)14-9-3-2-4-10(7-9)15-12(18)16-11-5-6-13-19-11/h2-7H,1H3,(H,14,17)(H2,15,16,18). The predicted molar refractivity (Wildman–Crippen MR) is 69.9 cm³/mol. The molecule has 0 saturated heterocycles. The monoisotopic (exact) mass is 260 g/mol. The predicted octanol–water partition coefficient (Wildman–Crippen LogP) is 2.28. The maximum atomic E-state index is 11.6. The molecule has 0 radical (unpaired) electrons. The quantitative estimate of drug-likeness (QED) is 0.788. The van der Waals surface area contributed by atoms with Gasteiger partial charge in [0.2, 0.25) is 11.8 Å². The number of nitrogens with zero attached hydrogens (tertiary/aromatic N) is 1. The lowest BCUT2D eigenvalue weighted by Crippen LogP contribution is -2.19. The Balaban J connectivity index is 1.98. The molecule has 0 spiro atoms. The van der Waals surface area contributed by atoms with Crippen molar-refractivity contribution in [1.82, 2.24) is 5.16 Å². The molecule has 0 saturated carbocycles. The Bertz CT molecular complexity index is 580. The highest BCUT2D eigenvalue weighted by Gasteiger charge is 2.05. The zero-order chi connectivity index (χ0) is 13.7. The molecule has 3 amide bonds. The summed E-state index contributed by atoms with van der Waals surface area (Å²) >= 11 is 0. The van der Waals surface area contributed by atoms with Crippen LogP contribution in [-0.2, 0) is 4.79 Å². The van der Waals surface area contributed by atoms with Crippen LogP contribution in [-0.4, -0.2) is 17.1 Å². The molecule has 1 aromatic carbocycles. The number of hydrogen-bond acceptors (Lipinski definition) is 4. The first-order valence-electron chi connectivity index (χ1n) is 5.50. The van der Waals surface area contributed by atoms with Crippen LogP contribution in [0.5, 0.6) is 0 Å². The summed E-state index contributed by atoms with van der Waals surface area (Å²) in [5.74, 6) is 0.0683. The molecule has 3 N–H and O–H groups in total. The minimum absolute atomic E-state index is 0.178. The van der Waals surface area contributed by atoms with Crippen LogP contribution >= 0.6 is 0 Å². The van der Waals surface area contributed by atoms with Crippen LogP contribution in [0.2, 0.25) is 0 Å². The number of carbonyl (C=O) groups excluding carboxylic acids is 2. The lowest BCUT2D eigenvalue weighted by Gasteiger charge is -2.07. The molecule has 2 rings (SSSR count). The van der Waals surface area contributed by atoms with Crippen LogP contribution in [0.25, 0.3) is 0 Å². The molecular formula is C12H12N4O3. The van der Waals surface area contributed by atoms with Crippen molar-refractivity contribution in [3.63, 3.8) is 0 Å². The molecule has 7 nitrogen and oxygen atoms in total. The number of aromatic nitrogens is 1. The molecule has 0 atom stereocenters. The van der Waals surface area contributed by atoms with Crippen LogP contribution < -0.4 is 16.0 Å². The Morgan fingerprint density at radius 3 is 2.47 bits per heavy atom. The van der Waals surface area contributed by atoms with E-state index < -0.39 is 6.03 Å². The third-order valence-electron chi connectivity index (χ3n) is 2.12. The molecule has 0 aliphatic rings. The molecule has 2 aromatic rings. The second-order valence-electron chi connectivity index (χ2n) is 3.72. The lowest BCUT2D eigenvalue weighted by atomic mass is 10.3. The summed E-state index contributed by atoms with van der Waals surface area (Å²) in [6.07, 6.45) is 1.42. The van der Waals surface area contributed by atoms with E-state index in [0.29, 0.717) is 11.4 Å². The van der Waals surface area contributed by atoms with Crippen molar-refractivity contribution in [3.8, 4) is 0 Å². The summed E-state index contributed by atoms with van der Waals surface area (Å²) in [6, 6.07) is 7.84. The molecule has 0 fully saturated rings. The Kier molecular flexibility index (Phi) is 3.77. The first kappa shape index (κ1) is 12.6. The average Bonchev–Trinajstić information content (AvgIpc) is 2.81. The van der Waals surface area contributed by atoms with Gasteiger partial charge in [-0.15, -0.1) is 0 Å². The molecule has 0 aliphatic carbocycles. The van der Waals surface area contributed by atoms with E-state index in [1.807, 2.05) is 0 Å². The highest BCUT2D eigenvalue weighted by Crippen LogP contribution is 2.15. The number of hydrogen-bond donors (Lipinski definition) is 3. The molecule has 7 heteroatoms. The molecule has 0 bridgehead atoms. The number of rotatable bonds is 3. The van der Waals surface area contributed by atoms with Gasteiger partial charge in [-0.1, -0.05) is 11.2 Å². The minimum atomic E-state index is -0.461. The van der Waals surface area contributed by atoms with Crippen molar-refractivity contribution >= 4 is 29.2 Å². The van der Waals surface area contributed by atoms with Gasteiger partial charge >= 0.3 is 6.03 Å². The fraction of sp³-hybridized carbons (Fsp3) is 0.0833. The van der Waals surface area contributed by atoms with E-state index >= 15 is 0 Å². The van der Waals surface area contributed by atoms with Crippen LogP contribution in [0, 0.1) is 0 Å². The van der Waals surface area contributed by atoms with Gasteiger partial charge in [-0.2, -0.15) is 0 Å². The van der Waals surface area contributed by atoms with E-state index in [1.165, 1.54) is 19.2 Å². The highest BCUT2D eigenvalue weighted by atomic mass is 16.5. The maximum Gasteiger partial charge on any atom is 0.326 e. The van der Waals surface area contributed by atoms with Crippen molar-refractivity contribution in [1.29, 1.82) is 0 Å². The summed E-state index contributed by atoms with van der Waals surface area (Å²) < 4.78 is 4.74. The zero-order valence-corrected chi connectivity index (χ0v) is 10.1. The van der Waals surface area contributed by atoms with Gasteiger partial charge in [0.1, 0.15) is 0 Å². The van der Waals surface area contributed by atoms with Crippen molar-refractivity contribution < 1.29 is 14.1 Å². The maximum absolute atomic E-state index is 11.6. The van der Waals surface area contributed by atoms with Gasteiger partial charge in [0.05, 0.1) is 6.20 Å². The Hall–Kier alpha value is -2.83. The third kappa shape index (κ3) is 3.84. The normalized spacial score (nSPS) is 9.74. The molecule has 1 heterocycles. The Morgan fingerprint density at radius 1 is 1.11 bits per heavy atom. The summed E-state index contributed by atoms with van der Waals surface area (Å²) in [5, 5.41) is 11.2. The largest absolute Gasteiger partial charge is 0.338 e. The average molecular weight is 260 g/mol. The van der Waals surface area contributed by atoms with Crippen molar-refractivity contribution in [3.05, 3.63) is 36.5 Å². The van der Waals surface area contributed by atoms with Gasteiger partial charge < -0.3 is 15.2 Å². The first-order valence-corrected chi connectivity index (χ1v) is 5.50. The van der Waals surface area contributed by atoms with Gasteiger partial charge in [0.25, 0.3) is 0 Å². The van der Waals surface area contributed by atoms with E-state index in [9.17, 15) is 9.59 Å². The van der Waals surface area contributed by atoms with E-state index in [2.05, 4.69) is 21.1 Å². The van der Waals surface area contributed by atoms with E-state index in [-0.39, 0.29) is 11.8 Å². The summed E-state index contributed by atoms with van der Waals surface area (Å²) in [7, 11) is 0. The van der Waals surface area contributed by atoms with Crippen LogP contribution in [0.4, 0.5) is 22.1 Å². The molecule has 0 aliphatic heterocycles. The smallest absolute Gasteiger partial charge is 0.326 e. The van der Waals surface area contributed by atoms with E-state index in [0.717, 1.165) is 0 Å². The third-order valence-corrected chi connectivity index (χ3v) is 2.12. The van der Waals surface area contributed by atoms with Crippen LogP contribution in [0.3, 0.4) is 0 Å². The second-order valence-corrected chi connectivity index (χ2v) is 3.72. The van der Waals surface area contributed by atoms with Crippen LogP contribution in [0.15, 0.2) is 41.1 Å². The zero-order valence-electron chi connectivity index (χ0n) is 10.1. The Morgan fingerprint density at radius 2 is 1.84 bits per heavy atom. The van der Waals surface area contributed by atoms with Gasteiger partial charge in [0, 0.05) is 24.4 Å². The van der Waals surface area contributed by atoms with Crippen molar-refractivity contribution in [2.75, 3.05) is 16.0 Å². The number of amides is 3. The fourth-order valence-corrected chi connectivity index (χ4v) is 1.43. The van der Waals surface area contributed by atoms with E-state index in [4.69, 9.17) is 4.52 Å². The summed E-state index contributed by atoms with van der Waals surface area (Å²) in [5.41, 5.74) is 1.15. The number of carbonyl (C=O) groups is 2. The van der Waals surface area contributed by atoms with Gasteiger partial charge in [-0.05, 0) is 18.2 Å². The summed E-state index contributed by atoms with van der Waals surface area (Å²) in [6.45, 7) is 1.41. The van der Waals surface area contributed by atoms with Gasteiger partial charge in [-0.3, -0.25) is 10.1 Å². The van der Waals surface area contributed by atoms with Crippen LogP contribution in [0.1, 0.15) is 6.92 Å². The summed E-state index contributed by atoms with van der Waals surface area (Å²) in [4.78, 5) is 22.5. The first-order chi connectivity index (χ1) is 9.13. The van der Waals surface area contributed by atoms with E-state index in [1.54, 1.807) is 24.3 Å². The van der Waals surface area contributed by atoms with Gasteiger partial charge in [0.15, 0.2) is 0 Å².